The molecule has 0 aromatic carbocycles. The van der Waals surface area contributed by atoms with Crippen molar-refractivity contribution in [2.45, 2.75) is 26.2 Å². The van der Waals surface area contributed by atoms with Crippen molar-refractivity contribution >= 4 is 0 Å². The summed E-state index contributed by atoms with van der Waals surface area (Å²) in [6.07, 6.45) is 5.50. The molecule has 0 aliphatic carbocycles. The largest absolute Gasteiger partial charge is 0.377 e. The molecule has 0 rings (SSSR count). The third kappa shape index (κ3) is 11.4. The molecule has 0 N–H and O–H groups in total. The molecule has 0 aromatic rings. The third-order valence-electron chi connectivity index (χ3n) is 1.13. The number of hydrogen-bond acceptors (Lipinski definition) is 1. The van der Waals surface area contributed by atoms with Gasteiger partial charge in [-0.3, -0.25) is 0 Å². The van der Waals surface area contributed by atoms with E-state index in [0.29, 0.717) is 6.61 Å². The van der Waals surface area contributed by atoms with Crippen molar-refractivity contribution in [2.24, 2.45) is 0 Å². The van der Waals surface area contributed by atoms with Crippen LogP contribution in [-0.4, -0.2) is 13.2 Å². The first-order valence-electron chi connectivity index (χ1n) is 3.60. The Morgan fingerprint density at radius 2 is 2.10 bits per heavy atom. The Hall–Kier alpha value is 0.583. The molecule has 0 amide bonds. The van der Waals surface area contributed by atoms with Gasteiger partial charge in [0.1, 0.15) is 0 Å². The predicted molar refractivity (Wildman–Crippen MR) is 40.5 cm³/mol. The monoisotopic (exact) mass is 218 g/mol. The van der Waals surface area contributed by atoms with Crippen molar-refractivity contribution in [1.29, 1.82) is 0 Å². The normalized spacial score (nSPS) is 8.50. The molecule has 0 bridgehead atoms. The smallest absolute Gasteiger partial charge is 0.0644 e. The summed E-state index contributed by atoms with van der Waals surface area (Å²) in [5.41, 5.74) is 0. The zero-order valence-electron chi connectivity index (χ0n) is 6.73. The molecule has 10 heavy (non-hydrogen) atoms. The van der Waals surface area contributed by atoms with Crippen LogP contribution in [0.3, 0.4) is 0 Å². The maximum Gasteiger partial charge on any atom is 0.0644 e. The van der Waals surface area contributed by atoms with Crippen molar-refractivity contribution in [2.75, 3.05) is 13.2 Å². The second kappa shape index (κ2) is 12.3. The fourth-order valence-electron chi connectivity index (χ4n) is 0.621. The Morgan fingerprint density at radius 1 is 1.40 bits per heavy atom. The molecule has 1 nitrogen and oxygen atoms in total. The van der Waals surface area contributed by atoms with E-state index in [0.717, 1.165) is 6.61 Å². The molecule has 0 aromatic heterocycles. The van der Waals surface area contributed by atoms with Crippen LogP contribution in [-0.2, 0) is 30.9 Å². The third-order valence-corrected chi connectivity index (χ3v) is 1.13. The minimum Gasteiger partial charge on any atom is -0.377 e. The van der Waals surface area contributed by atoms with Gasteiger partial charge in [-0.05, 0) is 6.42 Å². The maximum absolute atomic E-state index is 5.17. The van der Waals surface area contributed by atoms with E-state index in [1.165, 1.54) is 19.3 Å². The van der Waals surface area contributed by atoms with Crippen LogP contribution in [0.15, 0.2) is 12.7 Å². The van der Waals surface area contributed by atoms with E-state index < -0.39 is 0 Å². The predicted octanol–water partition coefficient (Wildman–Crippen LogP) is 2.38. The first-order chi connectivity index (χ1) is 4.41. The fourth-order valence-corrected chi connectivity index (χ4v) is 0.621. The molecular formula is C8H16OZr. The first kappa shape index (κ1) is 13.2. The Labute approximate surface area is 83.0 Å². The molecule has 0 saturated heterocycles. The zero-order chi connectivity index (χ0) is 6.95. The molecule has 0 spiro atoms. The summed E-state index contributed by atoms with van der Waals surface area (Å²) in [5.74, 6) is 0. The quantitative estimate of drug-likeness (QED) is 0.492. The minimum atomic E-state index is 0. The van der Waals surface area contributed by atoms with E-state index >= 15 is 0 Å². The van der Waals surface area contributed by atoms with Gasteiger partial charge < -0.3 is 4.74 Å². The van der Waals surface area contributed by atoms with Gasteiger partial charge in [0.2, 0.25) is 0 Å². The summed E-state index contributed by atoms with van der Waals surface area (Å²) >= 11 is 0. The Bertz CT molecular complexity index is 64.3. The fraction of sp³-hybridized carbons (Fsp3) is 0.750. The Morgan fingerprint density at radius 3 is 2.60 bits per heavy atom. The SMILES string of the molecule is C=CCOCCCCC.[Zr]. The van der Waals surface area contributed by atoms with Crippen LogP contribution in [0.4, 0.5) is 0 Å². The van der Waals surface area contributed by atoms with Crippen LogP contribution < -0.4 is 0 Å². The summed E-state index contributed by atoms with van der Waals surface area (Å²) in [6, 6.07) is 0. The molecule has 0 aliphatic heterocycles. The molecule has 58 valence electrons. The average molecular weight is 219 g/mol. The van der Waals surface area contributed by atoms with E-state index in [2.05, 4.69) is 13.5 Å². The van der Waals surface area contributed by atoms with Gasteiger partial charge in [0.25, 0.3) is 0 Å². The Balaban J connectivity index is 0. The van der Waals surface area contributed by atoms with Gasteiger partial charge >= 0.3 is 0 Å². The molecular weight excluding hydrogens is 203 g/mol. The van der Waals surface area contributed by atoms with E-state index in [4.69, 9.17) is 4.74 Å². The van der Waals surface area contributed by atoms with Crippen molar-refractivity contribution in [3.63, 3.8) is 0 Å². The van der Waals surface area contributed by atoms with E-state index in [1.54, 1.807) is 6.08 Å². The number of ether oxygens (including phenoxy) is 1. The summed E-state index contributed by atoms with van der Waals surface area (Å²) in [5, 5.41) is 0. The van der Waals surface area contributed by atoms with Gasteiger partial charge in [-0.2, -0.15) is 0 Å². The van der Waals surface area contributed by atoms with Gasteiger partial charge in [0.15, 0.2) is 0 Å². The molecule has 0 atom stereocenters. The average Bonchev–Trinajstić information content (AvgIpc) is 1.89. The van der Waals surface area contributed by atoms with E-state index in [1.807, 2.05) is 0 Å². The van der Waals surface area contributed by atoms with E-state index in [9.17, 15) is 0 Å². The van der Waals surface area contributed by atoms with Gasteiger partial charge in [-0.15, -0.1) is 6.58 Å². The van der Waals surface area contributed by atoms with Crippen LogP contribution in [0, 0.1) is 0 Å². The van der Waals surface area contributed by atoms with Crippen LogP contribution >= 0.6 is 0 Å². The van der Waals surface area contributed by atoms with Gasteiger partial charge in [-0.25, -0.2) is 0 Å². The van der Waals surface area contributed by atoms with Crippen LogP contribution in [0.1, 0.15) is 26.2 Å². The van der Waals surface area contributed by atoms with Gasteiger partial charge in [0.05, 0.1) is 6.61 Å². The van der Waals surface area contributed by atoms with Crippen molar-refractivity contribution in [3.8, 4) is 0 Å². The summed E-state index contributed by atoms with van der Waals surface area (Å²) in [6.45, 7) is 7.33. The molecule has 0 heterocycles. The molecule has 0 unspecified atom stereocenters. The van der Waals surface area contributed by atoms with E-state index in [-0.39, 0.29) is 26.2 Å². The van der Waals surface area contributed by atoms with Crippen LogP contribution in [0.25, 0.3) is 0 Å². The van der Waals surface area contributed by atoms with Crippen LogP contribution in [0.2, 0.25) is 0 Å². The van der Waals surface area contributed by atoms with Crippen molar-refractivity contribution < 1.29 is 30.9 Å². The topological polar surface area (TPSA) is 9.23 Å². The molecule has 0 radical (unpaired) electrons. The standard InChI is InChI=1S/C8H16O.Zr/c1-3-5-6-8-9-7-4-2;/h4H,2-3,5-8H2,1H3;. The maximum atomic E-state index is 5.17. The van der Waals surface area contributed by atoms with Crippen LogP contribution in [0.5, 0.6) is 0 Å². The number of unbranched alkanes of at least 4 members (excludes halogenated alkanes) is 2. The van der Waals surface area contributed by atoms with Crippen molar-refractivity contribution in [3.05, 3.63) is 12.7 Å². The molecule has 0 aliphatic rings. The summed E-state index contributed by atoms with van der Waals surface area (Å²) in [7, 11) is 0. The second-order valence-electron chi connectivity index (χ2n) is 2.07. The minimum absolute atomic E-state index is 0. The summed E-state index contributed by atoms with van der Waals surface area (Å²) < 4.78 is 5.17. The van der Waals surface area contributed by atoms with Gasteiger partial charge in [-0.1, -0.05) is 25.8 Å². The Kier molecular flexibility index (Phi) is 16.2. The zero-order valence-corrected chi connectivity index (χ0v) is 9.19. The number of rotatable bonds is 6. The molecule has 2 heteroatoms. The second-order valence-corrected chi connectivity index (χ2v) is 2.07. The molecule has 0 saturated carbocycles. The first-order valence-corrected chi connectivity index (χ1v) is 3.60. The van der Waals surface area contributed by atoms with Crippen molar-refractivity contribution in [1.82, 2.24) is 0 Å². The van der Waals surface area contributed by atoms with Gasteiger partial charge in [0, 0.05) is 32.8 Å². The molecule has 0 fully saturated rings. The summed E-state index contributed by atoms with van der Waals surface area (Å²) in [4.78, 5) is 0. The number of hydrogen-bond donors (Lipinski definition) is 0.